The number of aromatic hydroxyl groups is 1. The predicted molar refractivity (Wildman–Crippen MR) is 80.6 cm³/mol. The van der Waals surface area contributed by atoms with Gasteiger partial charge >= 0.3 is 0 Å². The molecule has 3 rings (SSSR count). The normalized spacial score (nSPS) is 10.8. The first-order valence-corrected chi connectivity index (χ1v) is 6.65. The molecular formula is C17H15NO2. The van der Waals surface area contributed by atoms with Gasteiger partial charge in [-0.25, -0.2) is 0 Å². The molecule has 0 fully saturated rings. The summed E-state index contributed by atoms with van der Waals surface area (Å²) in [5, 5.41) is 11.6. The molecule has 0 bridgehead atoms. The van der Waals surface area contributed by atoms with Gasteiger partial charge in [0.15, 0.2) is 0 Å². The van der Waals surface area contributed by atoms with Crippen molar-refractivity contribution >= 4 is 10.8 Å². The van der Waals surface area contributed by atoms with Crippen molar-refractivity contribution in [2.24, 2.45) is 0 Å². The van der Waals surface area contributed by atoms with Crippen LogP contribution >= 0.6 is 0 Å². The van der Waals surface area contributed by atoms with Gasteiger partial charge in [0.1, 0.15) is 5.75 Å². The molecule has 0 saturated heterocycles. The molecule has 0 radical (unpaired) electrons. The van der Waals surface area contributed by atoms with Gasteiger partial charge in [0, 0.05) is 11.1 Å². The number of para-hydroxylation sites is 1. The van der Waals surface area contributed by atoms with Gasteiger partial charge in [0.2, 0.25) is 0 Å². The Bertz CT molecular complexity index is 820. The number of rotatable bonds is 2. The van der Waals surface area contributed by atoms with Crippen molar-refractivity contribution in [2.75, 3.05) is 0 Å². The van der Waals surface area contributed by atoms with E-state index >= 15 is 0 Å². The van der Waals surface area contributed by atoms with E-state index in [1.54, 1.807) is 16.7 Å². The molecule has 0 amide bonds. The number of fused-ring (bicyclic) bond motifs is 1. The van der Waals surface area contributed by atoms with E-state index in [2.05, 4.69) is 0 Å². The molecule has 1 heterocycles. The second-order valence-electron chi connectivity index (χ2n) is 4.67. The van der Waals surface area contributed by atoms with Crippen molar-refractivity contribution in [3.8, 4) is 11.4 Å². The van der Waals surface area contributed by atoms with Crippen LogP contribution in [-0.4, -0.2) is 9.67 Å². The van der Waals surface area contributed by atoms with E-state index in [0.29, 0.717) is 22.9 Å². The monoisotopic (exact) mass is 265 g/mol. The van der Waals surface area contributed by atoms with Crippen LogP contribution in [0.5, 0.6) is 5.75 Å². The summed E-state index contributed by atoms with van der Waals surface area (Å²) in [4.78, 5) is 12.7. The number of hydrogen-bond acceptors (Lipinski definition) is 2. The summed E-state index contributed by atoms with van der Waals surface area (Å²) in [7, 11) is 0. The topological polar surface area (TPSA) is 42.2 Å². The maximum atomic E-state index is 12.7. The summed E-state index contributed by atoms with van der Waals surface area (Å²) >= 11 is 0. The van der Waals surface area contributed by atoms with E-state index in [9.17, 15) is 9.90 Å². The molecule has 0 spiro atoms. The van der Waals surface area contributed by atoms with E-state index in [1.165, 1.54) is 0 Å². The summed E-state index contributed by atoms with van der Waals surface area (Å²) in [6.45, 7) is 1.93. The molecule has 1 aromatic heterocycles. The number of benzene rings is 2. The summed E-state index contributed by atoms with van der Waals surface area (Å²) in [5.41, 5.74) is 1.32. The van der Waals surface area contributed by atoms with Crippen LogP contribution < -0.4 is 5.56 Å². The molecule has 1 N–H and O–H groups in total. The lowest BCUT2D eigenvalue weighted by atomic mass is 10.1. The Morgan fingerprint density at radius 3 is 2.20 bits per heavy atom. The molecule has 0 saturated carbocycles. The molecule has 0 aliphatic heterocycles. The molecule has 20 heavy (non-hydrogen) atoms. The zero-order chi connectivity index (χ0) is 14.1. The van der Waals surface area contributed by atoms with Crippen LogP contribution in [0.4, 0.5) is 0 Å². The average Bonchev–Trinajstić information content (AvgIpc) is 2.51. The minimum Gasteiger partial charge on any atom is -0.505 e. The van der Waals surface area contributed by atoms with Gasteiger partial charge in [-0.3, -0.25) is 9.36 Å². The fourth-order valence-electron chi connectivity index (χ4n) is 2.56. The highest BCUT2D eigenvalue weighted by Crippen LogP contribution is 2.28. The molecule has 3 aromatic rings. The van der Waals surface area contributed by atoms with E-state index in [4.69, 9.17) is 0 Å². The van der Waals surface area contributed by atoms with Crippen molar-refractivity contribution in [3.63, 3.8) is 0 Å². The van der Waals surface area contributed by atoms with Crippen molar-refractivity contribution < 1.29 is 5.11 Å². The average molecular weight is 265 g/mol. The summed E-state index contributed by atoms with van der Waals surface area (Å²) in [5.74, 6) is 0.187. The Morgan fingerprint density at radius 2 is 1.55 bits per heavy atom. The second kappa shape index (κ2) is 4.85. The Hall–Kier alpha value is -2.55. The number of aromatic nitrogens is 1. The molecule has 0 atom stereocenters. The zero-order valence-corrected chi connectivity index (χ0v) is 11.2. The Labute approximate surface area is 116 Å². The lowest BCUT2D eigenvalue weighted by Crippen LogP contribution is -2.22. The van der Waals surface area contributed by atoms with Crippen molar-refractivity contribution in [3.05, 3.63) is 70.6 Å². The zero-order valence-electron chi connectivity index (χ0n) is 11.2. The van der Waals surface area contributed by atoms with Gasteiger partial charge in [-0.2, -0.15) is 0 Å². The van der Waals surface area contributed by atoms with Gasteiger partial charge in [-0.1, -0.05) is 43.3 Å². The highest BCUT2D eigenvalue weighted by atomic mass is 16.3. The summed E-state index contributed by atoms with van der Waals surface area (Å²) < 4.78 is 1.59. The first-order chi connectivity index (χ1) is 9.74. The first-order valence-electron chi connectivity index (χ1n) is 6.65. The third-order valence-electron chi connectivity index (χ3n) is 3.51. The predicted octanol–water partition coefficient (Wildman–Crippen LogP) is 3.26. The molecule has 0 aliphatic rings. The van der Waals surface area contributed by atoms with Crippen LogP contribution in [0.15, 0.2) is 59.4 Å². The first kappa shape index (κ1) is 12.5. The third-order valence-corrected chi connectivity index (χ3v) is 3.51. The van der Waals surface area contributed by atoms with E-state index in [0.717, 1.165) is 5.69 Å². The molecule has 0 unspecified atom stereocenters. The summed E-state index contributed by atoms with van der Waals surface area (Å²) in [6.07, 6.45) is 0.584. The van der Waals surface area contributed by atoms with E-state index in [-0.39, 0.29) is 11.3 Å². The molecule has 3 nitrogen and oxygen atoms in total. The largest absolute Gasteiger partial charge is 0.505 e. The minimum absolute atomic E-state index is 0.0959. The Kier molecular flexibility index (Phi) is 3.03. The van der Waals surface area contributed by atoms with Crippen LogP contribution in [0.2, 0.25) is 0 Å². The van der Waals surface area contributed by atoms with Crippen LogP contribution in [0.1, 0.15) is 12.6 Å². The van der Waals surface area contributed by atoms with Crippen molar-refractivity contribution in [1.29, 1.82) is 0 Å². The quantitative estimate of drug-likeness (QED) is 0.772. The van der Waals surface area contributed by atoms with Gasteiger partial charge in [-0.15, -0.1) is 0 Å². The highest BCUT2D eigenvalue weighted by molar-refractivity contribution is 5.88. The second-order valence-corrected chi connectivity index (χ2v) is 4.67. The van der Waals surface area contributed by atoms with Gasteiger partial charge in [0.25, 0.3) is 5.56 Å². The molecule has 100 valence electrons. The standard InChI is InChI=1S/C17H15NO2/c1-2-15-16(19)13-10-6-7-11-14(13)17(20)18(15)12-8-4-3-5-9-12/h3-11,19H,2H2,1H3. The number of hydrogen-bond donors (Lipinski definition) is 1. The fraction of sp³-hybridized carbons (Fsp3) is 0.118. The van der Waals surface area contributed by atoms with Gasteiger partial charge < -0.3 is 5.11 Å². The number of pyridine rings is 1. The van der Waals surface area contributed by atoms with Gasteiger partial charge in [0.05, 0.1) is 11.1 Å². The Balaban J connectivity index is 2.48. The molecular weight excluding hydrogens is 250 g/mol. The molecule has 3 heteroatoms. The van der Waals surface area contributed by atoms with E-state index < -0.39 is 0 Å². The van der Waals surface area contributed by atoms with Crippen LogP contribution in [0.25, 0.3) is 16.5 Å². The number of nitrogens with zero attached hydrogens (tertiary/aromatic N) is 1. The minimum atomic E-state index is -0.0959. The van der Waals surface area contributed by atoms with Crippen molar-refractivity contribution in [2.45, 2.75) is 13.3 Å². The smallest absolute Gasteiger partial charge is 0.263 e. The Morgan fingerprint density at radius 1 is 0.950 bits per heavy atom. The molecule has 0 aliphatic carbocycles. The van der Waals surface area contributed by atoms with E-state index in [1.807, 2.05) is 49.4 Å². The molecule has 2 aromatic carbocycles. The SMILES string of the molecule is CCc1c(O)c2ccccc2c(=O)n1-c1ccccc1. The maximum absolute atomic E-state index is 12.7. The fourth-order valence-corrected chi connectivity index (χ4v) is 2.56. The van der Waals surface area contributed by atoms with Gasteiger partial charge in [-0.05, 0) is 24.6 Å². The van der Waals surface area contributed by atoms with Crippen LogP contribution in [-0.2, 0) is 6.42 Å². The lowest BCUT2D eigenvalue weighted by Gasteiger charge is -2.15. The maximum Gasteiger partial charge on any atom is 0.263 e. The third kappa shape index (κ3) is 1.79. The van der Waals surface area contributed by atoms with Crippen LogP contribution in [0.3, 0.4) is 0 Å². The highest BCUT2D eigenvalue weighted by Gasteiger charge is 2.15. The van der Waals surface area contributed by atoms with Crippen LogP contribution in [0, 0.1) is 0 Å². The van der Waals surface area contributed by atoms with Crippen molar-refractivity contribution in [1.82, 2.24) is 4.57 Å². The lowest BCUT2D eigenvalue weighted by molar-refractivity contribution is 0.468. The summed E-state index contributed by atoms with van der Waals surface area (Å²) in [6, 6.07) is 16.6.